The van der Waals surface area contributed by atoms with Crippen LogP contribution in [0.2, 0.25) is 0 Å². The summed E-state index contributed by atoms with van der Waals surface area (Å²) >= 11 is 0. The van der Waals surface area contributed by atoms with Crippen molar-refractivity contribution >= 4 is 35.5 Å². The molecule has 4 N–H and O–H groups in total. The zero-order valence-corrected chi connectivity index (χ0v) is 20.0. The van der Waals surface area contributed by atoms with E-state index in [-0.39, 0.29) is 11.5 Å². The molecule has 0 saturated carbocycles. The number of aromatic hydroxyl groups is 1. The van der Waals surface area contributed by atoms with Crippen LogP contribution in [0.25, 0.3) is 18.2 Å². The Labute approximate surface area is 204 Å². The fourth-order valence-corrected chi connectivity index (χ4v) is 3.44. The Morgan fingerprint density at radius 1 is 0.800 bits per heavy atom. The van der Waals surface area contributed by atoms with Gasteiger partial charge in [-0.3, -0.25) is 4.79 Å². The molecule has 3 aromatic rings. The molecule has 0 bridgehead atoms. The van der Waals surface area contributed by atoms with E-state index < -0.39 is 5.91 Å². The minimum Gasteiger partial charge on any atom is -0.504 e. The third-order valence-corrected chi connectivity index (χ3v) is 5.05. The summed E-state index contributed by atoms with van der Waals surface area (Å²) in [7, 11) is 6.04. The lowest BCUT2D eigenvalue weighted by Crippen LogP contribution is -2.09. The molecule has 0 unspecified atom stereocenters. The largest absolute Gasteiger partial charge is 0.504 e. The summed E-state index contributed by atoms with van der Waals surface area (Å²) in [5.41, 5.74) is 8.90. The molecule has 0 heterocycles. The third kappa shape index (κ3) is 6.26. The van der Waals surface area contributed by atoms with Gasteiger partial charge in [0.2, 0.25) is 11.7 Å². The molecule has 0 atom stereocenters. The Kier molecular flexibility index (Phi) is 8.24. The quantitative estimate of drug-likeness (QED) is 0.230. The highest BCUT2D eigenvalue weighted by molar-refractivity contribution is 6.03. The van der Waals surface area contributed by atoms with Crippen LogP contribution in [0, 0.1) is 0 Å². The minimum absolute atomic E-state index is 0.116. The topological polar surface area (TPSA) is 112 Å². The van der Waals surface area contributed by atoms with E-state index >= 15 is 0 Å². The van der Waals surface area contributed by atoms with Crippen molar-refractivity contribution < 1.29 is 28.8 Å². The Bertz CT molecular complexity index is 1240. The van der Waals surface area contributed by atoms with E-state index in [2.05, 4.69) is 5.32 Å². The second kappa shape index (κ2) is 11.5. The highest BCUT2D eigenvalue weighted by atomic mass is 16.5. The first-order valence-corrected chi connectivity index (χ1v) is 10.6. The Balaban J connectivity index is 1.87. The number of amides is 1. The molecule has 0 radical (unpaired) electrons. The number of carbonyl (C=O) groups excluding carboxylic acids is 1. The van der Waals surface area contributed by atoms with Crippen LogP contribution in [0.1, 0.15) is 16.7 Å². The predicted octanol–water partition coefficient (Wildman–Crippen LogP) is 4.83. The second-order valence-corrected chi connectivity index (χ2v) is 7.41. The van der Waals surface area contributed by atoms with Crippen LogP contribution in [-0.4, -0.2) is 39.5 Å². The molecule has 3 aromatic carbocycles. The number of rotatable bonds is 9. The molecule has 1 amide bonds. The monoisotopic (exact) mass is 476 g/mol. The van der Waals surface area contributed by atoms with Crippen molar-refractivity contribution in [2.75, 3.05) is 39.5 Å². The molecule has 8 nitrogen and oxygen atoms in total. The summed E-state index contributed by atoms with van der Waals surface area (Å²) in [6, 6.07) is 14.0. The van der Waals surface area contributed by atoms with Crippen LogP contribution in [0.5, 0.6) is 28.7 Å². The average Bonchev–Trinajstić information content (AvgIpc) is 2.85. The fourth-order valence-electron chi connectivity index (χ4n) is 3.44. The average molecular weight is 477 g/mol. The second-order valence-electron chi connectivity index (χ2n) is 7.41. The van der Waals surface area contributed by atoms with E-state index in [9.17, 15) is 9.90 Å². The summed E-state index contributed by atoms with van der Waals surface area (Å²) in [6.45, 7) is 0. The van der Waals surface area contributed by atoms with Crippen molar-refractivity contribution in [2.24, 2.45) is 0 Å². The van der Waals surface area contributed by atoms with Crippen molar-refractivity contribution in [1.82, 2.24) is 0 Å². The molecule has 0 aliphatic rings. The molecule has 8 heteroatoms. The Hall–Kier alpha value is -4.59. The molecule has 0 aliphatic carbocycles. The summed E-state index contributed by atoms with van der Waals surface area (Å²) in [6.07, 6.45) is 6.62. The molecule has 0 aliphatic heterocycles. The van der Waals surface area contributed by atoms with Crippen LogP contribution in [-0.2, 0) is 4.79 Å². The molecule has 0 aromatic heterocycles. The maximum Gasteiger partial charge on any atom is 0.248 e. The number of phenols is 1. The van der Waals surface area contributed by atoms with Gasteiger partial charge in [0, 0.05) is 11.8 Å². The summed E-state index contributed by atoms with van der Waals surface area (Å²) in [5.74, 6) is 1.17. The number of nitrogens with one attached hydrogen (secondary N) is 1. The molecular formula is C27H28N2O6. The summed E-state index contributed by atoms with van der Waals surface area (Å²) < 4.78 is 21.4. The lowest BCUT2D eigenvalue weighted by atomic mass is 10.1. The number of nitrogen functional groups attached to an aromatic ring is 1. The van der Waals surface area contributed by atoms with Gasteiger partial charge in [0.15, 0.2) is 23.0 Å². The standard InChI is InChI=1S/C27H28N2O6/c1-32-23-15-19(16-24(33-2)27(23)35-4)9-8-18-13-21(26(34-3)22(30)14-18)29-25(31)11-10-17-6-5-7-20(28)12-17/h5-16,30H,28H2,1-4H3,(H,29,31)/b9-8?,11-10+. The molecule has 0 fully saturated rings. The van der Waals surface area contributed by atoms with Crippen LogP contribution in [0.15, 0.2) is 54.6 Å². The number of phenolic OH excluding ortho intramolecular Hbond substituents is 1. The van der Waals surface area contributed by atoms with Gasteiger partial charge in [-0.05, 0) is 59.2 Å². The van der Waals surface area contributed by atoms with Gasteiger partial charge < -0.3 is 35.1 Å². The third-order valence-electron chi connectivity index (χ3n) is 5.05. The number of methoxy groups -OCH3 is 4. The highest BCUT2D eigenvalue weighted by Crippen LogP contribution is 2.39. The minimum atomic E-state index is -0.393. The van der Waals surface area contributed by atoms with E-state index in [1.807, 2.05) is 12.1 Å². The highest BCUT2D eigenvalue weighted by Gasteiger charge is 2.14. The first-order valence-electron chi connectivity index (χ1n) is 10.6. The Morgan fingerprint density at radius 2 is 1.43 bits per heavy atom. The SMILES string of the molecule is COc1cc(C=Cc2cc(O)c(OC)c(NC(=O)/C=C/c3cccc(N)c3)c2)cc(OC)c1OC. The maximum atomic E-state index is 12.5. The normalized spacial score (nSPS) is 11.0. The molecule has 182 valence electrons. The number of hydrogen-bond donors (Lipinski definition) is 3. The zero-order chi connectivity index (χ0) is 25.4. The number of ether oxygens (including phenoxy) is 4. The van der Waals surface area contributed by atoms with Gasteiger partial charge in [0.1, 0.15) is 0 Å². The number of hydrogen-bond acceptors (Lipinski definition) is 7. The fraction of sp³-hybridized carbons (Fsp3) is 0.148. The van der Waals surface area contributed by atoms with E-state index in [0.717, 1.165) is 11.1 Å². The van der Waals surface area contributed by atoms with Gasteiger partial charge in [0.05, 0.1) is 34.1 Å². The van der Waals surface area contributed by atoms with E-state index in [0.29, 0.717) is 34.2 Å². The first kappa shape index (κ1) is 25.0. The Morgan fingerprint density at radius 3 is 2.00 bits per heavy atom. The maximum absolute atomic E-state index is 12.5. The van der Waals surface area contributed by atoms with Crippen LogP contribution < -0.4 is 30.0 Å². The predicted molar refractivity (Wildman–Crippen MR) is 138 cm³/mol. The van der Waals surface area contributed by atoms with Crippen LogP contribution >= 0.6 is 0 Å². The van der Waals surface area contributed by atoms with Crippen molar-refractivity contribution in [3.8, 4) is 28.7 Å². The lowest BCUT2D eigenvalue weighted by Gasteiger charge is -2.13. The molecule has 35 heavy (non-hydrogen) atoms. The van der Waals surface area contributed by atoms with Crippen molar-refractivity contribution in [2.45, 2.75) is 0 Å². The first-order chi connectivity index (χ1) is 16.9. The van der Waals surface area contributed by atoms with Gasteiger partial charge in [-0.2, -0.15) is 0 Å². The number of carbonyl (C=O) groups is 1. The molecule has 3 rings (SSSR count). The van der Waals surface area contributed by atoms with Crippen LogP contribution in [0.3, 0.4) is 0 Å². The van der Waals surface area contributed by atoms with Crippen molar-refractivity contribution in [3.63, 3.8) is 0 Å². The number of nitrogens with two attached hydrogens (primary N) is 1. The van der Waals surface area contributed by atoms with Crippen LogP contribution in [0.4, 0.5) is 11.4 Å². The van der Waals surface area contributed by atoms with E-state index in [1.165, 1.54) is 26.4 Å². The lowest BCUT2D eigenvalue weighted by molar-refractivity contribution is -0.111. The van der Waals surface area contributed by atoms with Gasteiger partial charge in [-0.1, -0.05) is 24.3 Å². The molecular weight excluding hydrogens is 448 g/mol. The van der Waals surface area contributed by atoms with Gasteiger partial charge in [-0.15, -0.1) is 0 Å². The summed E-state index contributed by atoms with van der Waals surface area (Å²) in [4.78, 5) is 12.5. The molecule has 0 spiro atoms. The summed E-state index contributed by atoms with van der Waals surface area (Å²) in [5, 5.41) is 13.2. The number of anilines is 2. The van der Waals surface area contributed by atoms with Gasteiger partial charge in [0.25, 0.3) is 0 Å². The van der Waals surface area contributed by atoms with E-state index in [4.69, 9.17) is 24.7 Å². The zero-order valence-electron chi connectivity index (χ0n) is 20.0. The molecule has 0 saturated heterocycles. The van der Waals surface area contributed by atoms with Crippen molar-refractivity contribution in [1.29, 1.82) is 0 Å². The smallest absolute Gasteiger partial charge is 0.248 e. The van der Waals surface area contributed by atoms with Crippen molar-refractivity contribution in [3.05, 3.63) is 71.3 Å². The van der Waals surface area contributed by atoms with E-state index in [1.54, 1.807) is 62.8 Å². The number of benzene rings is 3. The van der Waals surface area contributed by atoms with Gasteiger partial charge in [-0.25, -0.2) is 0 Å². The van der Waals surface area contributed by atoms with Gasteiger partial charge >= 0.3 is 0 Å².